The van der Waals surface area contributed by atoms with Gasteiger partial charge in [-0.3, -0.25) is 4.79 Å². The van der Waals surface area contributed by atoms with Crippen molar-refractivity contribution in [2.45, 2.75) is 17.7 Å². The second-order valence-corrected chi connectivity index (χ2v) is 6.60. The monoisotopic (exact) mass is 379 g/mol. The van der Waals surface area contributed by atoms with E-state index in [-0.39, 0.29) is 5.91 Å². The quantitative estimate of drug-likeness (QED) is 0.671. The summed E-state index contributed by atoms with van der Waals surface area (Å²) < 4.78 is 0.764. The highest BCUT2D eigenvalue weighted by Crippen LogP contribution is 2.28. The van der Waals surface area contributed by atoms with Crippen molar-refractivity contribution in [2.24, 2.45) is 0 Å². The van der Waals surface area contributed by atoms with E-state index in [1.807, 2.05) is 17.0 Å². The van der Waals surface area contributed by atoms with E-state index < -0.39 is 0 Å². The van der Waals surface area contributed by atoms with Crippen LogP contribution in [-0.4, -0.2) is 28.7 Å². The third kappa shape index (κ3) is 3.04. The Balaban J connectivity index is 2.17. The molecular weight excluding hydrogens is 369 g/mol. The average Bonchev–Trinajstić information content (AvgIpc) is 2.33. The van der Waals surface area contributed by atoms with Crippen molar-refractivity contribution in [1.82, 2.24) is 4.90 Å². The number of piperidine rings is 1. The third-order valence-electron chi connectivity index (χ3n) is 2.89. The first-order valence-corrected chi connectivity index (χ1v) is 7.55. The lowest BCUT2D eigenvalue weighted by Gasteiger charge is -2.29. The summed E-state index contributed by atoms with van der Waals surface area (Å²) in [5.74, 6) is 0.0238. The molecule has 2 rings (SSSR count). The zero-order valence-corrected chi connectivity index (χ0v) is 13.1. The molecule has 0 unspecified atom stereocenters. The molecule has 1 fully saturated rings. The minimum absolute atomic E-state index is 0.0238. The molecule has 1 aromatic carbocycles. The SMILES string of the molecule is O=C(c1cccc(Br)c1Cl)N1CCC(Br)CC1. The minimum Gasteiger partial charge on any atom is -0.339 e. The van der Waals surface area contributed by atoms with Gasteiger partial charge in [-0.05, 0) is 40.9 Å². The van der Waals surface area contributed by atoms with Gasteiger partial charge in [0.2, 0.25) is 0 Å². The van der Waals surface area contributed by atoms with Crippen LogP contribution < -0.4 is 0 Å². The van der Waals surface area contributed by atoms with Gasteiger partial charge in [0, 0.05) is 22.4 Å². The van der Waals surface area contributed by atoms with Crippen molar-refractivity contribution in [3.05, 3.63) is 33.3 Å². The Morgan fingerprint density at radius 1 is 1.35 bits per heavy atom. The maximum Gasteiger partial charge on any atom is 0.255 e. The van der Waals surface area contributed by atoms with Crippen LogP contribution in [0.4, 0.5) is 0 Å². The molecule has 1 aliphatic heterocycles. The number of hydrogen-bond donors (Lipinski definition) is 0. The fourth-order valence-corrected chi connectivity index (χ4v) is 2.87. The van der Waals surface area contributed by atoms with E-state index in [0.717, 1.165) is 30.4 Å². The Hall–Kier alpha value is -0.0600. The molecular formula is C12H12Br2ClNO. The molecule has 0 bridgehead atoms. The van der Waals surface area contributed by atoms with Crippen LogP contribution in [0.15, 0.2) is 22.7 Å². The fourth-order valence-electron chi connectivity index (χ4n) is 1.89. The summed E-state index contributed by atoms with van der Waals surface area (Å²) in [6, 6.07) is 5.44. The first-order valence-electron chi connectivity index (χ1n) is 5.47. The van der Waals surface area contributed by atoms with Gasteiger partial charge in [-0.25, -0.2) is 0 Å². The summed E-state index contributed by atoms with van der Waals surface area (Å²) in [7, 11) is 0. The number of amides is 1. The molecule has 92 valence electrons. The Labute approximate surface area is 123 Å². The van der Waals surface area contributed by atoms with Gasteiger partial charge in [0.05, 0.1) is 10.6 Å². The van der Waals surface area contributed by atoms with Crippen LogP contribution >= 0.6 is 43.5 Å². The van der Waals surface area contributed by atoms with Gasteiger partial charge < -0.3 is 4.90 Å². The van der Waals surface area contributed by atoms with E-state index in [9.17, 15) is 4.79 Å². The summed E-state index contributed by atoms with van der Waals surface area (Å²) >= 11 is 13.0. The summed E-state index contributed by atoms with van der Waals surface area (Å²) in [5, 5.41) is 0.499. The van der Waals surface area contributed by atoms with Crippen LogP contribution in [0.2, 0.25) is 5.02 Å². The van der Waals surface area contributed by atoms with Crippen LogP contribution in [0, 0.1) is 0 Å². The predicted octanol–water partition coefficient (Wildman–Crippen LogP) is 4.10. The maximum atomic E-state index is 12.3. The van der Waals surface area contributed by atoms with Crippen molar-refractivity contribution >= 4 is 49.4 Å². The predicted molar refractivity (Wildman–Crippen MR) is 77.0 cm³/mol. The van der Waals surface area contributed by atoms with Crippen LogP contribution in [-0.2, 0) is 0 Å². The van der Waals surface area contributed by atoms with Crippen LogP contribution in [0.5, 0.6) is 0 Å². The largest absolute Gasteiger partial charge is 0.339 e. The maximum absolute atomic E-state index is 12.3. The van der Waals surface area contributed by atoms with Gasteiger partial charge in [0.15, 0.2) is 0 Å². The molecule has 0 saturated carbocycles. The zero-order valence-electron chi connectivity index (χ0n) is 9.13. The van der Waals surface area contributed by atoms with E-state index in [1.54, 1.807) is 6.07 Å². The summed E-state index contributed by atoms with van der Waals surface area (Å²) in [5.41, 5.74) is 0.578. The van der Waals surface area contributed by atoms with Crippen molar-refractivity contribution in [3.8, 4) is 0 Å². The summed E-state index contributed by atoms with van der Waals surface area (Å²) in [6.07, 6.45) is 1.99. The van der Waals surface area contributed by atoms with E-state index >= 15 is 0 Å². The topological polar surface area (TPSA) is 20.3 Å². The smallest absolute Gasteiger partial charge is 0.255 e. The van der Waals surface area contributed by atoms with Gasteiger partial charge in [0.1, 0.15) is 0 Å². The molecule has 17 heavy (non-hydrogen) atoms. The Morgan fingerprint density at radius 2 is 2.00 bits per heavy atom. The summed E-state index contributed by atoms with van der Waals surface area (Å²) in [4.78, 5) is 14.7. The second-order valence-electron chi connectivity index (χ2n) is 4.07. The molecule has 2 nitrogen and oxygen atoms in total. The highest BCUT2D eigenvalue weighted by atomic mass is 79.9. The molecule has 0 aliphatic carbocycles. The standard InChI is InChI=1S/C12H12Br2ClNO/c13-8-4-6-16(7-5-8)12(17)9-2-1-3-10(14)11(9)15/h1-3,8H,4-7H2. The molecule has 1 amide bonds. The van der Waals surface area contributed by atoms with Crippen molar-refractivity contribution in [2.75, 3.05) is 13.1 Å². The van der Waals surface area contributed by atoms with Gasteiger partial charge in [0.25, 0.3) is 5.91 Å². The molecule has 0 aromatic heterocycles. The minimum atomic E-state index is 0.0238. The lowest BCUT2D eigenvalue weighted by molar-refractivity contribution is 0.0728. The molecule has 0 radical (unpaired) electrons. The molecule has 0 atom stereocenters. The number of rotatable bonds is 1. The molecule has 1 heterocycles. The molecule has 0 spiro atoms. The van der Waals surface area contributed by atoms with Crippen LogP contribution in [0.25, 0.3) is 0 Å². The summed E-state index contributed by atoms with van der Waals surface area (Å²) in [6.45, 7) is 1.58. The van der Waals surface area contributed by atoms with Gasteiger partial charge >= 0.3 is 0 Å². The molecule has 1 aromatic rings. The van der Waals surface area contributed by atoms with Crippen molar-refractivity contribution in [1.29, 1.82) is 0 Å². The van der Waals surface area contributed by atoms with Crippen molar-refractivity contribution < 1.29 is 4.79 Å². The molecule has 1 saturated heterocycles. The highest BCUT2D eigenvalue weighted by Gasteiger charge is 2.23. The number of halogens is 3. The van der Waals surface area contributed by atoms with Crippen molar-refractivity contribution in [3.63, 3.8) is 0 Å². The first-order chi connectivity index (χ1) is 8.09. The van der Waals surface area contributed by atoms with E-state index in [0.29, 0.717) is 15.4 Å². The lowest BCUT2D eigenvalue weighted by atomic mass is 10.1. The number of likely N-dealkylation sites (tertiary alicyclic amines) is 1. The number of hydrogen-bond acceptors (Lipinski definition) is 1. The third-order valence-corrected chi connectivity index (χ3v) is 5.11. The van der Waals surface area contributed by atoms with Crippen LogP contribution in [0.1, 0.15) is 23.2 Å². The zero-order chi connectivity index (χ0) is 12.4. The fraction of sp³-hybridized carbons (Fsp3) is 0.417. The highest BCUT2D eigenvalue weighted by molar-refractivity contribution is 9.10. The number of benzene rings is 1. The number of nitrogens with zero attached hydrogens (tertiary/aromatic N) is 1. The molecule has 5 heteroatoms. The Morgan fingerprint density at radius 3 is 2.65 bits per heavy atom. The Bertz CT molecular complexity index is 431. The van der Waals surface area contributed by atoms with Crippen LogP contribution in [0.3, 0.4) is 0 Å². The molecule has 0 N–H and O–H groups in total. The number of alkyl halides is 1. The Kier molecular flexibility index (Phi) is 4.50. The first kappa shape index (κ1) is 13.4. The van der Waals surface area contributed by atoms with Gasteiger partial charge in [-0.15, -0.1) is 0 Å². The van der Waals surface area contributed by atoms with Gasteiger partial charge in [-0.1, -0.05) is 33.6 Å². The number of carbonyl (C=O) groups excluding carboxylic acids is 1. The normalized spacial score (nSPS) is 17.2. The van der Waals surface area contributed by atoms with E-state index in [4.69, 9.17) is 11.6 Å². The lowest BCUT2D eigenvalue weighted by Crippen LogP contribution is -2.38. The second kappa shape index (κ2) is 5.72. The molecule has 1 aliphatic rings. The van der Waals surface area contributed by atoms with E-state index in [2.05, 4.69) is 31.9 Å². The average molecular weight is 381 g/mol. The van der Waals surface area contributed by atoms with Gasteiger partial charge in [-0.2, -0.15) is 0 Å². The number of carbonyl (C=O) groups is 1. The van der Waals surface area contributed by atoms with E-state index in [1.165, 1.54) is 0 Å².